The zero-order valence-electron chi connectivity index (χ0n) is 14.5. The summed E-state index contributed by atoms with van der Waals surface area (Å²) in [4.78, 5) is 47.8. The molecule has 8 nitrogen and oxygen atoms in total. The van der Waals surface area contributed by atoms with Gasteiger partial charge in [0.1, 0.15) is 5.82 Å². The maximum Gasteiger partial charge on any atom is 0.262 e. The van der Waals surface area contributed by atoms with Gasteiger partial charge in [0.05, 0.1) is 16.8 Å². The Balaban J connectivity index is 1.56. The molecule has 0 unspecified atom stereocenters. The Morgan fingerprint density at radius 1 is 1.15 bits per heavy atom. The maximum absolute atomic E-state index is 12.4. The zero-order chi connectivity index (χ0) is 19.1. The summed E-state index contributed by atoms with van der Waals surface area (Å²) in [5.41, 5.74) is 6.96. The Hall–Kier alpha value is -3.42. The molecule has 0 radical (unpaired) electrons. The average Bonchev–Trinajstić information content (AvgIpc) is 3.39. The van der Waals surface area contributed by atoms with E-state index in [0.29, 0.717) is 24.6 Å². The summed E-state index contributed by atoms with van der Waals surface area (Å²) in [5.74, 6) is -1.26. The van der Waals surface area contributed by atoms with E-state index in [1.807, 2.05) is 12.1 Å². The first-order chi connectivity index (χ1) is 12.9. The number of imide groups is 1. The second-order valence-electron chi connectivity index (χ2n) is 6.78. The lowest BCUT2D eigenvalue weighted by Crippen LogP contribution is -2.25. The lowest BCUT2D eigenvalue weighted by molar-refractivity contribution is -0.121. The van der Waals surface area contributed by atoms with Gasteiger partial charge in [-0.3, -0.25) is 29.1 Å². The number of hydrogen-bond donors (Lipinski definition) is 3. The molecule has 138 valence electrons. The second-order valence-corrected chi connectivity index (χ2v) is 6.78. The molecular formula is C19H18N4O4. The Kier molecular flexibility index (Phi) is 4.02. The quantitative estimate of drug-likeness (QED) is 0.666. The number of rotatable bonds is 5. The van der Waals surface area contributed by atoms with Gasteiger partial charge in [-0.2, -0.15) is 0 Å². The fourth-order valence-corrected chi connectivity index (χ4v) is 3.14. The number of aryl methyl sites for hydroxylation is 1. The van der Waals surface area contributed by atoms with E-state index in [0.717, 1.165) is 24.5 Å². The highest BCUT2D eigenvalue weighted by molar-refractivity contribution is 6.23. The van der Waals surface area contributed by atoms with Crippen LogP contribution in [-0.4, -0.2) is 28.3 Å². The minimum atomic E-state index is -0.620. The molecule has 2 aliphatic rings. The van der Waals surface area contributed by atoms with E-state index in [2.05, 4.69) is 10.6 Å². The van der Waals surface area contributed by atoms with Gasteiger partial charge in [0, 0.05) is 18.5 Å². The van der Waals surface area contributed by atoms with Crippen LogP contribution in [0.5, 0.6) is 0 Å². The number of anilines is 1. The number of pyridine rings is 1. The second kappa shape index (κ2) is 6.39. The van der Waals surface area contributed by atoms with Crippen LogP contribution in [0.3, 0.4) is 0 Å². The van der Waals surface area contributed by atoms with Crippen LogP contribution in [0.4, 0.5) is 5.82 Å². The molecule has 0 atom stereocenters. The van der Waals surface area contributed by atoms with E-state index < -0.39 is 17.4 Å². The molecule has 2 heterocycles. The van der Waals surface area contributed by atoms with E-state index in [9.17, 15) is 19.2 Å². The summed E-state index contributed by atoms with van der Waals surface area (Å²) >= 11 is 0. The van der Waals surface area contributed by atoms with Crippen LogP contribution < -0.4 is 21.9 Å². The number of nitrogen functional groups attached to an aromatic ring is 1. The highest BCUT2D eigenvalue weighted by atomic mass is 16.2. The summed E-state index contributed by atoms with van der Waals surface area (Å²) in [6, 6.07) is 8.48. The number of nitrogens with two attached hydrogens (primary N) is 1. The van der Waals surface area contributed by atoms with Gasteiger partial charge in [0.25, 0.3) is 17.4 Å². The van der Waals surface area contributed by atoms with Crippen LogP contribution in [-0.2, 0) is 11.2 Å². The normalized spacial score (nSPS) is 15.4. The van der Waals surface area contributed by atoms with Crippen LogP contribution in [0.15, 0.2) is 35.1 Å². The van der Waals surface area contributed by atoms with Gasteiger partial charge in [-0.25, -0.2) is 0 Å². The standard InChI is InChI=1S/C19H18N4O4/c20-17-16-13(18(26)22-19(16)27)9-15(25)23(17)12-6-1-10(2-7-12)3-8-14(24)21-11-4-5-11/h1-2,6-7,9,11H,3-5,8,20H2,(H,21,24)(H,22,26,27). The summed E-state index contributed by atoms with van der Waals surface area (Å²) in [6.07, 6.45) is 3.10. The number of nitrogens with one attached hydrogen (secondary N) is 2. The van der Waals surface area contributed by atoms with E-state index in [1.54, 1.807) is 12.1 Å². The zero-order valence-corrected chi connectivity index (χ0v) is 14.5. The summed E-state index contributed by atoms with van der Waals surface area (Å²) in [6.45, 7) is 0. The van der Waals surface area contributed by atoms with Crippen molar-refractivity contribution in [2.24, 2.45) is 0 Å². The van der Waals surface area contributed by atoms with Crippen LogP contribution in [0.2, 0.25) is 0 Å². The number of carbonyl (C=O) groups is 3. The van der Waals surface area contributed by atoms with E-state index in [-0.39, 0.29) is 22.9 Å². The monoisotopic (exact) mass is 366 g/mol. The van der Waals surface area contributed by atoms with Crippen molar-refractivity contribution < 1.29 is 14.4 Å². The van der Waals surface area contributed by atoms with Gasteiger partial charge in [-0.05, 0) is 37.0 Å². The molecule has 2 aromatic rings. The SMILES string of the molecule is Nc1c2c(cc(=O)n1-c1ccc(CCC(=O)NC3CC3)cc1)C(=O)NC2=O. The fourth-order valence-electron chi connectivity index (χ4n) is 3.14. The average molecular weight is 366 g/mol. The molecule has 1 fully saturated rings. The molecule has 3 amide bonds. The van der Waals surface area contributed by atoms with Gasteiger partial charge in [0.2, 0.25) is 5.91 Å². The Bertz CT molecular complexity index is 1020. The minimum absolute atomic E-state index is 0.00274. The molecule has 1 saturated carbocycles. The summed E-state index contributed by atoms with van der Waals surface area (Å²) in [5, 5.41) is 5.08. The van der Waals surface area contributed by atoms with Crippen molar-refractivity contribution in [2.45, 2.75) is 31.7 Å². The molecule has 4 rings (SSSR count). The predicted molar refractivity (Wildman–Crippen MR) is 97.7 cm³/mol. The molecule has 0 spiro atoms. The molecule has 0 saturated heterocycles. The van der Waals surface area contributed by atoms with Gasteiger partial charge in [-0.15, -0.1) is 0 Å². The van der Waals surface area contributed by atoms with Crippen molar-refractivity contribution in [3.05, 3.63) is 57.4 Å². The Morgan fingerprint density at radius 3 is 2.52 bits per heavy atom. The maximum atomic E-state index is 12.4. The van der Waals surface area contributed by atoms with E-state index >= 15 is 0 Å². The first-order valence-electron chi connectivity index (χ1n) is 8.74. The van der Waals surface area contributed by atoms with Crippen LogP contribution in [0, 0.1) is 0 Å². The van der Waals surface area contributed by atoms with Crippen molar-refractivity contribution >= 4 is 23.5 Å². The van der Waals surface area contributed by atoms with Gasteiger partial charge >= 0.3 is 0 Å². The van der Waals surface area contributed by atoms with Gasteiger partial charge in [0.15, 0.2) is 0 Å². The topological polar surface area (TPSA) is 123 Å². The van der Waals surface area contributed by atoms with Crippen molar-refractivity contribution in [3.8, 4) is 5.69 Å². The number of aromatic nitrogens is 1. The van der Waals surface area contributed by atoms with Crippen molar-refractivity contribution in [1.82, 2.24) is 15.2 Å². The third-order valence-corrected chi connectivity index (χ3v) is 4.73. The minimum Gasteiger partial charge on any atom is -0.384 e. The van der Waals surface area contributed by atoms with Crippen molar-refractivity contribution in [2.75, 3.05) is 5.73 Å². The smallest absolute Gasteiger partial charge is 0.262 e. The fraction of sp³-hybridized carbons (Fsp3) is 0.263. The third kappa shape index (κ3) is 3.21. The molecule has 1 aromatic heterocycles. The Labute approximate surface area is 154 Å². The molecular weight excluding hydrogens is 348 g/mol. The highest BCUT2D eigenvalue weighted by Gasteiger charge is 2.31. The van der Waals surface area contributed by atoms with Crippen LogP contribution in [0.25, 0.3) is 5.69 Å². The third-order valence-electron chi connectivity index (χ3n) is 4.73. The molecule has 4 N–H and O–H groups in total. The predicted octanol–water partition coefficient (Wildman–Crippen LogP) is 0.514. The molecule has 0 bridgehead atoms. The number of nitrogens with zero attached hydrogens (tertiary/aromatic N) is 1. The molecule has 1 aliphatic heterocycles. The van der Waals surface area contributed by atoms with E-state index in [4.69, 9.17) is 5.73 Å². The largest absolute Gasteiger partial charge is 0.384 e. The lowest BCUT2D eigenvalue weighted by atomic mass is 10.1. The molecule has 27 heavy (non-hydrogen) atoms. The number of amides is 3. The van der Waals surface area contributed by atoms with Crippen molar-refractivity contribution in [3.63, 3.8) is 0 Å². The Morgan fingerprint density at radius 2 is 1.85 bits per heavy atom. The summed E-state index contributed by atoms with van der Waals surface area (Å²) in [7, 11) is 0. The number of carbonyl (C=O) groups excluding carboxylic acids is 3. The lowest BCUT2D eigenvalue weighted by Gasteiger charge is -2.12. The number of benzene rings is 1. The summed E-state index contributed by atoms with van der Waals surface area (Å²) < 4.78 is 1.20. The number of fused-ring (bicyclic) bond motifs is 1. The highest BCUT2D eigenvalue weighted by Crippen LogP contribution is 2.23. The molecule has 8 heteroatoms. The van der Waals surface area contributed by atoms with Crippen LogP contribution >= 0.6 is 0 Å². The van der Waals surface area contributed by atoms with Gasteiger partial charge in [-0.1, -0.05) is 12.1 Å². The van der Waals surface area contributed by atoms with E-state index in [1.165, 1.54) is 4.57 Å². The number of hydrogen-bond acceptors (Lipinski definition) is 5. The molecule has 1 aliphatic carbocycles. The first-order valence-corrected chi connectivity index (χ1v) is 8.74. The first kappa shape index (κ1) is 17.0. The van der Waals surface area contributed by atoms with Gasteiger partial charge < -0.3 is 11.1 Å². The van der Waals surface area contributed by atoms with Crippen LogP contribution in [0.1, 0.15) is 45.5 Å². The van der Waals surface area contributed by atoms with Crippen molar-refractivity contribution in [1.29, 1.82) is 0 Å². The molecule has 1 aromatic carbocycles.